The van der Waals surface area contributed by atoms with Gasteiger partial charge in [0, 0.05) is 12.4 Å². The van der Waals surface area contributed by atoms with E-state index in [1.165, 1.54) is 6.33 Å². The highest BCUT2D eigenvalue weighted by atomic mass is 15.2. The first kappa shape index (κ1) is 8.90. The lowest BCUT2D eigenvalue weighted by molar-refractivity contribution is 0.942. The second-order valence-electron chi connectivity index (χ2n) is 3.35. The van der Waals surface area contributed by atoms with Crippen molar-refractivity contribution >= 4 is 11.5 Å². The molecule has 16 heavy (non-hydrogen) atoms. The number of aromatic amines is 1. The molecule has 0 saturated heterocycles. The van der Waals surface area contributed by atoms with Gasteiger partial charge in [0.2, 0.25) is 0 Å². The smallest absolute Gasteiger partial charge is 0.143 e. The van der Waals surface area contributed by atoms with Gasteiger partial charge in [-0.25, -0.2) is 9.97 Å². The summed E-state index contributed by atoms with van der Waals surface area (Å²) in [5, 5.41) is 9.86. The van der Waals surface area contributed by atoms with Gasteiger partial charge in [-0.1, -0.05) is 6.07 Å². The zero-order valence-electron chi connectivity index (χ0n) is 8.46. The molecule has 6 nitrogen and oxygen atoms in total. The van der Waals surface area contributed by atoms with Crippen LogP contribution in [0.5, 0.6) is 0 Å². The number of imidazole rings is 1. The highest BCUT2D eigenvalue weighted by Crippen LogP contribution is 2.11. The first-order valence-corrected chi connectivity index (χ1v) is 4.94. The molecule has 80 valence electrons. The van der Waals surface area contributed by atoms with Crippen molar-refractivity contribution in [2.24, 2.45) is 0 Å². The predicted molar refractivity (Wildman–Crippen MR) is 58.9 cm³/mol. The van der Waals surface area contributed by atoms with Crippen LogP contribution in [0.4, 0.5) is 5.82 Å². The molecule has 3 heterocycles. The van der Waals surface area contributed by atoms with Gasteiger partial charge in [0.05, 0.1) is 6.54 Å². The van der Waals surface area contributed by atoms with E-state index >= 15 is 0 Å². The van der Waals surface area contributed by atoms with Crippen LogP contribution in [-0.2, 0) is 6.54 Å². The van der Waals surface area contributed by atoms with E-state index in [0.717, 1.165) is 17.3 Å². The van der Waals surface area contributed by atoms with E-state index in [1.807, 2.05) is 28.8 Å². The van der Waals surface area contributed by atoms with Crippen LogP contribution in [0, 0.1) is 0 Å². The Hall–Kier alpha value is -2.37. The standard InChI is InChI=1S/C10H10N6/c1-2-9-11-4-5-16(9)10(3-1)12-6-8-13-7-14-15-8/h1-5,7,12H,6H2,(H,13,14,15). The van der Waals surface area contributed by atoms with Crippen molar-refractivity contribution in [2.45, 2.75) is 6.54 Å². The Kier molecular flexibility index (Phi) is 2.03. The SMILES string of the molecule is c1cc(NCc2ncn[nH]2)n2ccnc2c1. The minimum atomic E-state index is 0.608. The van der Waals surface area contributed by atoms with E-state index in [0.29, 0.717) is 6.54 Å². The van der Waals surface area contributed by atoms with Crippen molar-refractivity contribution in [1.82, 2.24) is 24.6 Å². The van der Waals surface area contributed by atoms with E-state index in [9.17, 15) is 0 Å². The van der Waals surface area contributed by atoms with Crippen molar-refractivity contribution in [2.75, 3.05) is 5.32 Å². The molecule has 3 aromatic rings. The Balaban J connectivity index is 1.86. The predicted octanol–water partition coefficient (Wildman–Crippen LogP) is 1.06. The van der Waals surface area contributed by atoms with Crippen LogP contribution in [0.25, 0.3) is 5.65 Å². The lowest BCUT2D eigenvalue weighted by atomic mass is 10.4. The zero-order chi connectivity index (χ0) is 10.8. The summed E-state index contributed by atoms with van der Waals surface area (Å²) in [4.78, 5) is 8.26. The van der Waals surface area contributed by atoms with Gasteiger partial charge in [-0.2, -0.15) is 5.10 Å². The fraction of sp³-hybridized carbons (Fsp3) is 0.100. The third-order valence-corrected chi connectivity index (χ3v) is 2.33. The fourth-order valence-electron chi connectivity index (χ4n) is 1.58. The van der Waals surface area contributed by atoms with E-state index in [2.05, 4.69) is 25.5 Å². The number of aromatic nitrogens is 5. The lowest BCUT2D eigenvalue weighted by Gasteiger charge is -2.06. The first-order chi connectivity index (χ1) is 7.93. The number of H-pyrrole nitrogens is 1. The Morgan fingerprint density at radius 1 is 1.31 bits per heavy atom. The summed E-state index contributed by atoms with van der Waals surface area (Å²) in [7, 11) is 0. The molecule has 0 aliphatic heterocycles. The van der Waals surface area contributed by atoms with Gasteiger partial charge in [0.25, 0.3) is 0 Å². The summed E-state index contributed by atoms with van der Waals surface area (Å²) in [6.07, 6.45) is 5.18. The number of rotatable bonds is 3. The van der Waals surface area contributed by atoms with Gasteiger partial charge >= 0.3 is 0 Å². The number of anilines is 1. The molecule has 3 aromatic heterocycles. The van der Waals surface area contributed by atoms with Crippen molar-refractivity contribution in [3.05, 3.63) is 42.7 Å². The van der Waals surface area contributed by atoms with Gasteiger partial charge in [-0.05, 0) is 12.1 Å². The molecule has 0 radical (unpaired) electrons. The molecule has 0 fully saturated rings. The van der Waals surface area contributed by atoms with Gasteiger partial charge < -0.3 is 5.32 Å². The van der Waals surface area contributed by atoms with Crippen molar-refractivity contribution in [1.29, 1.82) is 0 Å². The molecule has 0 aliphatic rings. The molecule has 2 N–H and O–H groups in total. The highest BCUT2D eigenvalue weighted by Gasteiger charge is 2.00. The van der Waals surface area contributed by atoms with Crippen LogP contribution in [-0.4, -0.2) is 24.6 Å². The Morgan fingerprint density at radius 2 is 2.31 bits per heavy atom. The number of hydrogen-bond donors (Lipinski definition) is 2. The quantitative estimate of drug-likeness (QED) is 0.684. The fourth-order valence-corrected chi connectivity index (χ4v) is 1.58. The van der Waals surface area contributed by atoms with E-state index in [4.69, 9.17) is 0 Å². The molecule has 0 atom stereocenters. The number of hydrogen-bond acceptors (Lipinski definition) is 4. The van der Waals surface area contributed by atoms with E-state index < -0.39 is 0 Å². The lowest BCUT2D eigenvalue weighted by Crippen LogP contribution is -2.04. The monoisotopic (exact) mass is 214 g/mol. The van der Waals surface area contributed by atoms with Crippen LogP contribution in [0.1, 0.15) is 5.82 Å². The average Bonchev–Trinajstić information content (AvgIpc) is 2.97. The number of nitrogens with zero attached hydrogens (tertiary/aromatic N) is 4. The molecule has 0 bridgehead atoms. The normalized spacial score (nSPS) is 10.8. The van der Waals surface area contributed by atoms with Crippen LogP contribution < -0.4 is 5.32 Å². The number of pyridine rings is 1. The van der Waals surface area contributed by atoms with Crippen LogP contribution in [0.3, 0.4) is 0 Å². The van der Waals surface area contributed by atoms with Gasteiger partial charge in [0.15, 0.2) is 0 Å². The maximum absolute atomic E-state index is 4.21. The maximum atomic E-state index is 4.21. The van der Waals surface area contributed by atoms with Crippen molar-refractivity contribution < 1.29 is 0 Å². The first-order valence-electron chi connectivity index (χ1n) is 4.94. The minimum absolute atomic E-state index is 0.608. The molecule has 0 unspecified atom stereocenters. The Morgan fingerprint density at radius 3 is 3.19 bits per heavy atom. The van der Waals surface area contributed by atoms with E-state index in [1.54, 1.807) is 6.20 Å². The third-order valence-electron chi connectivity index (χ3n) is 2.33. The summed E-state index contributed by atoms with van der Waals surface area (Å²) >= 11 is 0. The Labute approximate surface area is 91.4 Å². The topological polar surface area (TPSA) is 70.9 Å². The average molecular weight is 214 g/mol. The third kappa shape index (κ3) is 1.50. The minimum Gasteiger partial charge on any atom is -0.364 e. The highest BCUT2D eigenvalue weighted by molar-refractivity contribution is 5.49. The molecule has 0 aromatic carbocycles. The summed E-state index contributed by atoms with van der Waals surface area (Å²) in [6, 6.07) is 5.91. The molecule has 3 rings (SSSR count). The number of fused-ring (bicyclic) bond motifs is 1. The Bertz CT molecular complexity index is 582. The van der Waals surface area contributed by atoms with Gasteiger partial charge in [-0.3, -0.25) is 9.50 Å². The van der Waals surface area contributed by atoms with Crippen LogP contribution >= 0.6 is 0 Å². The summed E-state index contributed by atoms with van der Waals surface area (Å²) in [5.41, 5.74) is 0.919. The summed E-state index contributed by atoms with van der Waals surface area (Å²) < 4.78 is 1.98. The van der Waals surface area contributed by atoms with Crippen molar-refractivity contribution in [3.8, 4) is 0 Å². The largest absolute Gasteiger partial charge is 0.364 e. The number of nitrogens with one attached hydrogen (secondary N) is 2. The molecule has 6 heteroatoms. The molecule has 0 amide bonds. The van der Waals surface area contributed by atoms with Gasteiger partial charge in [0.1, 0.15) is 23.6 Å². The zero-order valence-corrected chi connectivity index (χ0v) is 8.46. The molecule has 0 saturated carbocycles. The van der Waals surface area contributed by atoms with Crippen LogP contribution in [0.2, 0.25) is 0 Å². The molecular weight excluding hydrogens is 204 g/mol. The summed E-state index contributed by atoms with van der Waals surface area (Å²) in [6.45, 7) is 0.608. The summed E-state index contributed by atoms with van der Waals surface area (Å²) in [5.74, 6) is 1.78. The van der Waals surface area contributed by atoms with E-state index in [-0.39, 0.29) is 0 Å². The molecular formula is C10H10N6. The van der Waals surface area contributed by atoms with Gasteiger partial charge in [-0.15, -0.1) is 0 Å². The maximum Gasteiger partial charge on any atom is 0.143 e. The molecule has 0 aliphatic carbocycles. The molecule has 0 spiro atoms. The van der Waals surface area contributed by atoms with Crippen LogP contribution in [0.15, 0.2) is 36.9 Å². The second kappa shape index (κ2) is 3.65. The second-order valence-corrected chi connectivity index (χ2v) is 3.35. The van der Waals surface area contributed by atoms with Crippen molar-refractivity contribution in [3.63, 3.8) is 0 Å².